The molecular formula is C11H10N2O. The van der Waals surface area contributed by atoms with Crippen molar-refractivity contribution in [3.05, 3.63) is 36.0 Å². The van der Waals surface area contributed by atoms with Crippen molar-refractivity contribution in [1.29, 1.82) is 0 Å². The lowest BCUT2D eigenvalue weighted by Crippen LogP contribution is -1.90. The maximum absolute atomic E-state index is 5.10. The summed E-state index contributed by atoms with van der Waals surface area (Å²) in [5.41, 5.74) is 3.68. The first-order valence-corrected chi connectivity index (χ1v) is 4.71. The molecule has 70 valence electrons. The van der Waals surface area contributed by atoms with E-state index in [4.69, 9.17) is 4.52 Å². The molecule has 1 aromatic carbocycles. The fourth-order valence-corrected chi connectivity index (χ4v) is 1.81. The Bertz CT molecular complexity index is 448. The van der Waals surface area contributed by atoms with E-state index in [2.05, 4.69) is 28.7 Å². The summed E-state index contributed by atoms with van der Waals surface area (Å²) in [6.45, 7) is 1.04. The molecule has 3 nitrogen and oxygen atoms in total. The lowest BCUT2D eigenvalue weighted by atomic mass is 10.1. The quantitative estimate of drug-likeness (QED) is 0.742. The van der Waals surface area contributed by atoms with Crippen molar-refractivity contribution in [2.45, 2.75) is 6.42 Å². The Labute approximate surface area is 81.7 Å². The zero-order valence-electron chi connectivity index (χ0n) is 7.66. The van der Waals surface area contributed by atoms with Crippen LogP contribution in [-0.2, 0) is 6.42 Å². The molecule has 0 amide bonds. The van der Waals surface area contributed by atoms with Gasteiger partial charge in [0.2, 0.25) is 0 Å². The Morgan fingerprint density at radius 1 is 1.29 bits per heavy atom. The van der Waals surface area contributed by atoms with Crippen LogP contribution in [0.2, 0.25) is 0 Å². The molecule has 0 fully saturated rings. The van der Waals surface area contributed by atoms with Crippen molar-refractivity contribution in [3.63, 3.8) is 0 Å². The molecule has 1 aliphatic heterocycles. The van der Waals surface area contributed by atoms with Crippen LogP contribution in [0.25, 0.3) is 11.3 Å². The van der Waals surface area contributed by atoms with Crippen LogP contribution in [0.1, 0.15) is 5.56 Å². The minimum absolute atomic E-state index is 0.821. The molecule has 0 saturated heterocycles. The molecule has 0 aliphatic carbocycles. The number of fused-ring (bicyclic) bond motifs is 1. The second-order valence-corrected chi connectivity index (χ2v) is 3.43. The van der Waals surface area contributed by atoms with Crippen molar-refractivity contribution >= 4 is 5.69 Å². The van der Waals surface area contributed by atoms with Crippen molar-refractivity contribution in [3.8, 4) is 11.3 Å². The minimum atomic E-state index is 0.821. The second kappa shape index (κ2) is 2.87. The van der Waals surface area contributed by atoms with E-state index < -0.39 is 0 Å². The van der Waals surface area contributed by atoms with Crippen LogP contribution in [-0.4, -0.2) is 11.7 Å². The summed E-state index contributed by atoms with van der Waals surface area (Å²) in [7, 11) is 0. The molecule has 3 rings (SSSR count). The monoisotopic (exact) mass is 186 g/mol. The number of nitrogens with one attached hydrogen (secondary N) is 1. The lowest BCUT2D eigenvalue weighted by Gasteiger charge is -2.01. The number of hydrogen-bond donors (Lipinski definition) is 1. The van der Waals surface area contributed by atoms with E-state index in [0.717, 1.165) is 24.3 Å². The van der Waals surface area contributed by atoms with Crippen molar-refractivity contribution in [2.24, 2.45) is 0 Å². The van der Waals surface area contributed by atoms with Gasteiger partial charge in [0, 0.05) is 23.9 Å². The van der Waals surface area contributed by atoms with E-state index in [1.54, 1.807) is 6.20 Å². The summed E-state index contributed by atoms with van der Waals surface area (Å²) in [6, 6.07) is 8.21. The smallest absolute Gasteiger partial charge is 0.166 e. The van der Waals surface area contributed by atoms with Gasteiger partial charge in [-0.25, -0.2) is 0 Å². The molecule has 3 heteroatoms. The third-order valence-corrected chi connectivity index (χ3v) is 2.54. The summed E-state index contributed by atoms with van der Waals surface area (Å²) >= 11 is 0. The Balaban J connectivity index is 2.09. The van der Waals surface area contributed by atoms with Crippen LogP contribution in [0.4, 0.5) is 5.69 Å². The average molecular weight is 186 g/mol. The van der Waals surface area contributed by atoms with Crippen LogP contribution in [0.3, 0.4) is 0 Å². The fraction of sp³-hybridized carbons (Fsp3) is 0.182. The summed E-state index contributed by atoms with van der Waals surface area (Å²) in [4.78, 5) is 0. The fourth-order valence-electron chi connectivity index (χ4n) is 1.81. The third-order valence-electron chi connectivity index (χ3n) is 2.54. The molecule has 0 atom stereocenters. The molecule has 1 N–H and O–H groups in total. The second-order valence-electron chi connectivity index (χ2n) is 3.43. The zero-order valence-corrected chi connectivity index (χ0v) is 7.66. The molecular weight excluding hydrogens is 176 g/mol. The standard InChI is InChI=1S/C11H10N2O/c1-2-9(11-4-6-13-14-11)7-10-8(1)3-5-12-10/h1-2,4,6-7,12H,3,5H2. The molecule has 0 saturated carbocycles. The van der Waals surface area contributed by atoms with Gasteiger partial charge in [0.15, 0.2) is 5.76 Å². The zero-order chi connectivity index (χ0) is 9.38. The SMILES string of the molecule is c1cc(-c2ccc3c(c2)NCC3)on1. The van der Waals surface area contributed by atoms with E-state index >= 15 is 0 Å². The molecule has 2 aromatic rings. The maximum Gasteiger partial charge on any atom is 0.166 e. The predicted octanol–water partition coefficient (Wildman–Crippen LogP) is 2.31. The van der Waals surface area contributed by atoms with Gasteiger partial charge in [0.25, 0.3) is 0 Å². The first-order valence-electron chi connectivity index (χ1n) is 4.71. The summed E-state index contributed by atoms with van der Waals surface area (Å²) in [5.74, 6) is 0.821. The van der Waals surface area contributed by atoms with Crippen molar-refractivity contribution < 1.29 is 4.52 Å². The molecule has 0 spiro atoms. The molecule has 0 radical (unpaired) electrons. The Kier molecular flexibility index (Phi) is 1.56. The van der Waals surface area contributed by atoms with Crippen LogP contribution in [0.15, 0.2) is 35.0 Å². The largest absolute Gasteiger partial charge is 0.384 e. The first-order chi connectivity index (χ1) is 6.93. The van der Waals surface area contributed by atoms with Gasteiger partial charge in [-0.15, -0.1) is 0 Å². The first kappa shape index (κ1) is 7.62. The number of hydrogen-bond acceptors (Lipinski definition) is 3. The molecule has 0 unspecified atom stereocenters. The molecule has 14 heavy (non-hydrogen) atoms. The lowest BCUT2D eigenvalue weighted by molar-refractivity contribution is 0.432. The minimum Gasteiger partial charge on any atom is -0.384 e. The summed E-state index contributed by atoms with van der Waals surface area (Å²) in [5, 5.41) is 7.04. The van der Waals surface area contributed by atoms with Crippen LogP contribution >= 0.6 is 0 Å². The molecule has 0 bridgehead atoms. The van der Waals surface area contributed by atoms with Gasteiger partial charge in [0.05, 0.1) is 6.20 Å². The number of aromatic nitrogens is 1. The molecule has 2 heterocycles. The highest BCUT2D eigenvalue weighted by Gasteiger charge is 2.11. The number of rotatable bonds is 1. The van der Waals surface area contributed by atoms with Crippen LogP contribution in [0, 0.1) is 0 Å². The highest BCUT2D eigenvalue weighted by atomic mass is 16.5. The van der Waals surface area contributed by atoms with Crippen molar-refractivity contribution in [1.82, 2.24) is 5.16 Å². The Morgan fingerprint density at radius 3 is 3.14 bits per heavy atom. The third kappa shape index (κ3) is 1.09. The van der Waals surface area contributed by atoms with Gasteiger partial charge in [-0.2, -0.15) is 0 Å². The van der Waals surface area contributed by atoms with Gasteiger partial charge in [-0.05, 0) is 18.1 Å². The van der Waals surface area contributed by atoms with Crippen LogP contribution < -0.4 is 5.32 Å². The van der Waals surface area contributed by atoms with Gasteiger partial charge in [0.1, 0.15) is 0 Å². The summed E-state index contributed by atoms with van der Waals surface area (Å²) < 4.78 is 5.10. The Hall–Kier alpha value is -1.77. The van der Waals surface area contributed by atoms with Gasteiger partial charge in [-0.3, -0.25) is 0 Å². The van der Waals surface area contributed by atoms with Gasteiger partial charge >= 0.3 is 0 Å². The topological polar surface area (TPSA) is 38.1 Å². The van der Waals surface area contributed by atoms with Gasteiger partial charge in [-0.1, -0.05) is 17.3 Å². The number of nitrogens with zero attached hydrogens (tertiary/aromatic N) is 1. The van der Waals surface area contributed by atoms with E-state index in [-0.39, 0.29) is 0 Å². The number of anilines is 1. The van der Waals surface area contributed by atoms with E-state index in [1.807, 2.05) is 6.07 Å². The summed E-state index contributed by atoms with van der Waals surface area (Å²) in [6.07, 6.45) is 2.78. The van der Waals surface area contributed by atoms with E-state index in [0.29, 0.717) is 0 Å². The van der Waals surface area contributed by atoms with E-state index in [1.165, 1.54) is 11.3 Å². The van der Waals surface area contributed by atoms with E-state index in [9.17, 15) is 0 Å². The van der Waals surface area contributed by atoms with Crippen LogP contribution in [0.5, 0.6) is 0 Å². The van der Waals surface area contributed by atoms with Crippen molar-refractivity contribution in [2.75, 3.05) is 11.9 Å². The normalized spacial score (nSPS) is 13.7. The highest BCUT2D eigenvalue weighted by Crippen LogP contribution is 2.28. The Morgan fingerprint density at radius 2 is 2.29 bits per heavy atom. The van der Waals surface area contributed by atoms with Gasteiger partial charge < -0.3 is 9.84 Å². The molecule has 1 aromatic heterocycles. The highest BCUT2D eigenvalue weighted by molar-refractivity contribution is 5.67. The average Bonchev–Trinajstić information content (AvgIpc) is 2.88. The molecule has 1 aliphatic rings. The maximum atomic E-state index is 5.10. The predicted molar refractivity (Wildman–Crippen MR) is 54.1 cm³/mol. The number of benzene rings is 1.